The Bertz CT molecular complexity index is 1020. The number of allylic oxidation sites excluding steroid dienone is 7. The summed E-state index contributed by atoms with van der Waals surface area (Å²) in [7, 11) is 1.62. The normalized spacial score (nSPS) is 14.1. The molecule has 0 saturated carbocycles. The van der Waals surface area contributed by atoms with Crippen molar-refractivity contribution in [2.45, 2.75) is 193 Å². The van der Waals surface area contributed by atoms with E-state index in [1.54, 1.807) is 6.26 Å². The number of hydrogen-bond donors (Lipinski definition) is 1. The van der Waals surface area contributed by atoms with Gasteiger partial charge in [-0.25, -0.2) is 4.57 Å². The van der Waals surface area contributed by atoms with Crippen molar-refractivity contribution in [2.24, 2.45) is 0 Å². The van der Waals surface area contributed by atoms with Crippen molar-refractivity contribution in [1.82, 2.24) is 0 Å². The number of quaternary nitrogens is 1. The number of rotatable bonds is 41. The van der Waals surface area contributed by atoms with Crippen LogP contribution in [0.5, 0.6) is 0 Å². The number of unbranched alkanes of at least 4 members (excludes halogenated alkanes) is 21. The lowest BCUT2D eigenvalue weighted by molar-refractivity contribution is -0.870. The highest BCUT2D eigenvalue weighted by atomic mass is 31.2. The summed E-state index contributed by atoms with van der Waals surface area (Å²) in [6.45, 7) is 4.88. The Kier molecular flexibility index (Phi) is 37.9. The Morgan fingerprint density at radius 3 is 1.55 bits per heavy atom. The summed E-state index contributed by atoms with van der Waals surface area (Å²) in [4.78, 5) is 22.9. The van der Waals surface area contributed by atoms with E-state index >= 15 is 0 Å². The zero-order chi connectivity index (χ0) is 40.6. The molecule has 0 radical (unpaired) electrons. The lowest BCUT2D eigenvalue weighted by atomic mass is 10.0. The number of esters is 1. The smallest absolute Gasteiger partial charge is 0.472 e. The summed E-state index contributed by atoms with van der Waals surface area (Å²) >= 11 is 0. The summed E-state index contributed by atoms with van der Waals surface area (Å²) in [6, 6.07) is 0. The average molecular weight is 797 g/mol. The van der Waals surface area contributed by atoms with Crippen LogP contribution in [0.1, 0.15) is 187 Å². The van der Waals surface area contributed by atoms with Crippen molar-refractivity contribution >= 4 is 13.8 Å². The summed E-state index contributed by atoms with van der Waals surface area (Å²) in [6.07, 6.45) is 48.1. The first-order valence-corrected chi connectivity index (χ1v) is 23.9. The molecule has 0 fully saturated rings. The molecule has 0 aromatic rings. The van der Waals surface area contributed by atoms with Crippen LogP contribution in [0.25, 0.3) is 0 Å². The third-order valence-corrected chi connectivity index (χ3v) is 10.4. The molecule has 322 valence electrons. The number of phosphoric acid groups is 1. The Morgan fingerprint density at radius 1 is 0.582 bits per heavy atom. The maximum absolute atomic E-state index is 12.7. The molecular weight excluding hydrogens is 709 g/mol. The standard InChI is InChI=1S/C46H86NO7P/c1-6-8-10-12-14-16-18-20-22-24-25-27-29-31-33-35-37-39-46(48)54-45(44-53-55(49,50)52-42-40-47(3,4)5)43-51-41-38-36-34-32-30-28-26-23-21-19-17-15-13-11-9-7-2/h14,16,20,22,25,27,38,41,45H,6-13,15,17-19,21,23-24,26,28-37,39-40,42-44H2,1-5H3/p+1/b16-14-,22-20-,27-25-,41-38-/t45-/m1/s1. The molecule has 0 bridgehead atoms. The Hall–Kier alpha value is -1.70. The van der Waals surface area contributed by atoms with Crippen molar-refractivity contribution in [1.29, 1.82) is 0 Å². The maximum Gasteiger partial charge on any atom is 0.472 e. The first kappa shape index (κ1) is 53.3. The molecule has 0 aliphatic heterocycles. The third-order valence-electron chi connectivity index (χ3n) is 9.46. The summed E-state index contributed by atoms with van der Waals surface area (Å²) in [5, 5.41) is 0. The van der Waals surface area contributed by atoms with Gasteiger partial charge in [-0.05, 0) is 63.9 Å². The molecule has 8 nitrogen and oxygen atoms in total. The van der Waals surface area contributed by atoms with Crippen molar-refractivity contribution in [3.05, 3.63) is 48.8 Å². The number of likely N-dealkylation sites (N-methyl/N-ethyl adjacent to an activating group) is 1. The van der Waals surface area contributed by atoms with Crippen LogP contribution >= 0.6 is 7.82 Å². The molecule has 0 aromatic carbocycles. The van der Waals surface area contributed by atoms with E-state index < -0.39 is 13.9 Å². The molecule has 0 saturated heterocycles. The van der Waals surface area contributed by atoms with Gasteiger partial charge in [0.15, 0.2) is 6.10 Å². The molecule has 0 amide bonds. The molecule has 0 heterocycles. The third kappa shape index (κ3) is 43.3. The number of hydrogen-bond acceptors (Lipinski definition) is 6. The van der Waals surface area contributed by atoms with Gasteiger partial charge in [0.05, 0.1) is 34.0 Å². The van der Waals surface area contributed by atoms with Crippen LogP contribution < -0.4 is 0 Å². The lowest BCUT2D eigenvalue weighted by Crippen LogP contribution is -2.37. The molecule has 0 aliphatic carbocycles. The first-order chi connectivity index (χ1) is 26.6. The van der Waals surface area contributed by atoms with Crippen LogP contribution in [0, 0.1) is 0 Å². The molecular formula is C46H87NO7P+. The largest absolute Gasteiger partial charge is 0.498 e. The van der Waals surface area contributed by atoms with E-state index in [1.807, 2.05) is 27.2 Å². The first-order valence-electron chi connectivity index (χ1n) is 22.4. The van der Waals surface area contributed by atoms with Crippen LogP contribution in [0.4, 0.5) is 0 Å². The van der Waals surface area contributed by atoms with Crippen LogP contribution in [0.2, 0.25) is 0 Å². The van der Waals surface area contributed by atoms with Gasteiger partial charge in [0, 0.05) is 6.42 Å². The molecule has 0 aliphatic rings. The van der Waals surface area contributed by atoms with E-state index in [2.05, 4.69) is 50.3 Å². The quantitative estimate of drug-likeness (QED) is 0.0164. The van der Waals surface area contributed by atoms with Crippen molar-refractivity contribution in [3.8, 4) is 0 Å². The van der Waals surface area contributed by atoms with E-state index in [9.17, 15) is 14.3 Å². The van der Waals surface area contributed by atoms with Gasteiger partial charge < -0.3 is 18.9 Å². The topological polar surface area (TPSA) is 91.3 Å². The van der Waals surface area contributed by atoms with Gasteiger partial charge in [-0.2, -0.15) is 0 Å². The van der Waals surface area contributed by atoms with Gasteiger partial charge in [-0.1, -0.05) is 159 Å². The number of carbonyl (C=O) groups excluding carboxylic acids is 1. The summed E-state index contributed by atoms with van der Waals surface area (Å²) < 4.78 is 34.7. The average Bonchev–Trinajstić information content (AvgIpc) is 3.13. The van der Waals surface area contributed by atoms with Gasteiger partial charge in [0.25, 0.3) is 0 Å². The predicted octanol–water partition coefficient (Wildman–Crippen LogP) is 13.5. The zero-order valence-electron chi connectivity index (χ0n) is 36.4. The van der Waals surface area contributed by atoms with E-state index in [1.165, 1.54) is 109 Å². The Labute approximate surface area is 339 Å². The molecule has 0 rings (SSSR count). The van der Waals surface area contributed by atoms with Crippen LogP contribution in [-0.4, -0.2) is 69.0 Å². The molecule has 1 N–H and O–H groups in total. The predicted molar refractivity (Wildman–Crippen MR) is 233 cm³/mol. The minimum atomic E-state index is -4.30. The van der Waals surface area contributed by atoms with Gasteiger partial charge in [0.2, 0.25) is 0 Å². The van der Waals surface area contributed by atoms with E-state index in [4.69, 9.17) is 18.5 Å². The van der Waals surface area contributed by atoms with Crippen LogP contribution in [0.15, 0.2) is 48.8 Å². The minimum Gasteiger partial charge on any atom is -0.498 e. The highest BCUT2D eigenvalue weighted by Crippen LogP contribution is 2.43. The molecule has 9 heteroatoms. The van der Waals surface area contributed by atoms with Gasteiger partial charge >= 0.3 is 13.8 Å². The number of carbonyl (C=O) groups is 1. The number of phosphoric ester groups is 1. The highest BCUT2D eigenvalue weighted by molar-refractivity contribution is 7.47. The van der Waals surface area contributed by atoms with E-state index in [-0.39, 0.29) is 32.2 Å². The fraction of sp³-hybridized carbons (Fsp3) is 0.804. The second kappa shape index (κ2) is 39.1. The van der Waals surface area contributed by atoms with Crippen LogP contribution in [-0.2, 0) is 27.9 Å². The monoisotopic (exact) mass is 797 g/mol. The highest BCUT2D eigenvalue weighted by Gasteiger charge is 2.26. The minimum absolute atomic E-state index is 0.0388. The Morgan fingerprint density at radius 2 is 1.02 bits per heavy atom. The molecule has 0 spiro atoms. The zero-order valence-corrected chi connectivity index (χ0v) is 37.3. The molecule has 0 aromatic heterocycles. The van der Waals surface area contributed by atoms with Crippen LogP contribution in [0.3, 0.4) is 0 Å². The van der Waals surface area contributed by atoms with Crippen molar-refractivity contribution in [2.75, 3.05) is 47.5 Å². The fourth-order valence-corrected chi connectivity index (χ4v) is 6.68. The second-order valence-corrected chi connectivity index (χ2v) is 17.6. The fourth-order valence-electron chi connectivity index (χ4n) is 5.94. The van der Waals surface area contributed by atoms with Gasteiger partial charge in [-0.15, -0.1) is 0 Å². The molecule has 55 heavy (non-hydrogen) atoms. The molecule has 2 atom stereocenters. The SMILES string of the molecule is CCCCC/C=C\C/C=C\C/C=C\CCCCCCC(=O)O[C@H](CO/C=C\CCCCCCCCCCCCCCCC)COP(=O)(O)OCC[N+](C)(C)C. The molecule has 1 unspecified atom stereocenters. The van der Waals surface area contributed by atoms with Gasteiger partial charge in [-0.3, -0.25) is 13.8 Å². The Balaban J connectivity index is 4.33. The van der Waals surface area contributed by atoms with Crippen molar-refractivity contribution < 1.29 is 37.3 Å². The number of nitrogens with zero attached hydrogens (tertiary/aromatic N) is 1. The van der Waals surface area contributed by atoms with E-state index in [0.717, 1.165) is 57.8 Å². The summed E-state index contributed by atoms with van der Waals surface area (Å²) in [5.41, 5.74) is 0. The van der Waals surface area contributed by atoms with E-state index in [0.29, 0.717) is 11.0 Å². The number of ether oxygens (including phenoxy) is 2. The summed E-state index contributed by atoms with van der Waals surface area (Å²) in [5.74, 6) is -0.357. The maximum atomic E-state index is 12.7. The second-order valence-electron chi connectivity index (χ2n) is 16.1. The van der Waals surface area contributed by atoms with Gasteiger partial charge in [0.1, 0.15) is 19.8 Å². The van der Waals surface area contributed by atoms with Crippen molar-refractivity contribution in [3.63, 3.8) is 0 Å². The lowest BCUT2D eigenvalue weighted by Gasteiger charge is -2.24.